The maximum absolute atomic E-state index is 12.5. The average molecular weight is 465 g/mol. The zero-order valence-electron chi connectivity index (χ0n) is 18.4. The van der Waals surface area contributed by atoms with E-state index in [1.165, 1.54) is 28.7 Å². The largest absolute Gasteiger partial charge is 0.274 e. The number of carbonyl (C=O) groups excluding carboxylic acids is 1. The highest BCUT2D eigenvalue weighted by molar-refractivity contribution is 7.98. The fraction of sp³-hybridized carbons (Fsp3) is 0.261. The lowest BCUT2D eigenvalue weighted by Crippen LogP contribution is -2.23. The Morgan fingerprint density at radius 2 is 2.00 bits per heavy atom. The van der Waals surface area contributed by atoms with Gasteiger partial charge in [-0.1, -0.05) is 54.6 Å². The molecule has 4 aromatic rings. The molecule has 4 rings (SSSR count). The van der Waals surface area contributed by atoms with Crippen molar-refractivity contribution in [3.05, 3.63) is 70.2 Å². The molecule has 0 saturated heterocycles. The number of nitrogens with zero attached hydrogens (tertiary/aromatic N) is 6. The van der Waals surface area contributed by atoms with E-state index in [1.807, 2.05) is 35.7 Å². The van der Waals surface area contributed by atoms with Crippen LogP contribution in [0, 0.1) is 13.8 Å². The van der Waals surface area contributed by atoms with E-state index in [0.29, 0.717) is 16.0 Å². The third-order valence-corrected chi connectivity index (χ3v) is 6.86. The van der Waals surface area contributed by atoms with Crippen molar-refractivity contribution < 1.29 is 4.79 Å². The molecule has 2 aromatic carbocycles. The first-order valence-corrected chi connectivity index (χ1v) is 12.2. The number of amides is 1. The number of hydrogen-bond acceptors (Lipinski definition) is 7. The molecule has 0 N–H and O–H groups in total. The quantitative estimate of drug-likeness (QED) is 0.347. The van der Waals surface area contributed by atoms with Gasteiger partial charge in [-0.25, -0.2) is 4.98 Å². The molecular weight excluding hydrogens is 440 g/mol. The first-order chi connectivity index (χ1) is 15.5. The van der Waals surface area contributed by atoms with Gasteiger partial charge in [-0.3, -0.25) is 9.69 Å². The fourth-order valence-corrected chi connectivity index (χ4v) is 5.26. The lowest BCUT2D eigenvalue weighted by molar-refractivity contribution is -0.115. The standard InChI is InChI=1S/C23H24N6OS2/c1-5-18-8-6-7-9-21(18)28(17(4)30)22-24-19(13-31-22)14-32-23-25-26-27-29(23)20-11-10-15(2)12-16(20)3/h6-13H,5,14H2,1-4H3. The Hall–Kier alpha value is -3.04. The van der Waals surface area contributed by atoms with E-state index in [1.54, 1.807) is 16.5 Å². The van der Waals surface area contributed by atoms with Crippen LogP contribution in [0.4, 0.5) is 10.8 Å². The molecule has 0 fully saturated rings. The molecule has 32 heavy (non-hydrogen) atoms. The van der Waals surface area contributed by atoms with Gasteiger partial charge in [-0.2, -0.15) is 4.68 Å². The van der Waals surface area contributed by atoms with E-state index in [0.717, 1.165) is 34.6 Å². The lowest BCUT2D eigenvalue weighted by Gasteiger charge is -2.20. The number of thioether (sulfide) groups is 1. The zero-order chi connectivity index (χ0) is 22.7. The number of carbonyl (C=O) groups is 1. The lowest BCUT2D eigenvalue weighted by atomic mass is 10.1. The van der Waals surface area contributed by atoms with Gasteiger partial charge in [0.15, 0.2) is 5.13 Å². The van der Waals surface area contributed by atoms with Gasteiger partial charge >= 0.3 is 0 Å². The second-order valence-electron chi connectivity index (χ2n) is 7.41. The Labute approximate surface area is 195 Å². The molecule has 0 bridgehead atoms. The van der Waals surface area contributed by atoms with Crippen LogP contribution in [0.1, 0.15) is 36.2 Å². The first kappa shape index (κ1) is 22.2. The molecule has 1 amide bonds. The van der Waals surface area contributed by atoms with Crippen molar-refractivity contribution in [3.8, 4) is 5.69 Å². The highest BCUT2D eigenvalue weighted by Gasteiger charge is 2.20. The molecule has 9 heteroatoms. The number of anilines is 2. The van der Waals surface area contributed by atoms with Crippen LogP contribution in [0.15, 0.2) is 53.0 Å². The number of rotatable bonds is 7. The highest BCUT2D eigenvalue weighted by Crippen LogP contribution is 2.33. The molecule has 0 aliphatic rings. The maximum Gasteiger partial charge on any atom is 0.230 e. The Morgan fingerprint density at radius 1 is 1.19 bits per heavy atom. The summed E-state index contributed by atoms with van der Waals surface area (Å²) in [4.78, 5) is 18.9. The highest BCUT2D eigenvalue weighted by atomic mass is 32.2. The van der Waals surface area contributed by atoms with Gasteiger partial charge in [0.1, 0.15) is 0 Å². The predicted molar refractivity (Wildman–Crippen MR) is 129 cm³/mol. The molecular formula is C23H24N6OS2. The smallest absolute Gasteiger partial charge is 0.230 e. The molecule has 2 aromatic heterocycles. The minimum absolute atomic E-state index is 0.0572. The van der Waals surface area contributed by atoms with Crippen molar-refractivity contribution in [1.82, 2.24) is 25.2 Å². The molecule has 0 atom stereocenters. The Bertz CT molecular complexity index is 1250. The first-order valence-electron chi connectivity index (χ1n) is 10.3. The SMILES string of the molecule is CCc1ccccc1N(C(C)=O)c1nc(CSc2nnnn2-c2ccc(C)cc2C)cs1. The summed E-state index contributed by atoms with van der Waals surface area (Å²) in [6, 6.07) is 14.1. The number of aromatic nitrogens is 5. The summed E-state index contributed by atoms with van der Waals surface area (Å²) in [6.45, 7) is 7.77. The van der Waals surface area contributed by atoms with Gasteiger partial charge in [0.2, 0.25) is 11.1 Å². The van der Waals surface area contributed by atoms with Crippen molar-refractivity contribution in [2.75, 3.05) is 4.90 Å². The summed E-state index contributed by atoms with van der Waals surface area (Å²) >= 11 is 2.98. The summed E-state index contributed by atoms with van der Waals surface area (Å²) in [7, 11) is 0. The van der Waals surface area contributed by atoms with Gasteiger partial charge in [0, 0.05) is 18.1 Å². The summed E-state index contributed by atoms with van der Waals surface area (Å²) < 4.78 is 1.76. The van der Waals surface area contributed by atoms with Crippen LogP contribution in [0.2, 0.25) is 0 Å². The predicted octanol–water partition coefficient (Wildman–Crippen LogP) is 5.27. The van der Waals surface area contributed by atoms with Crippen LogP contribution in [0.25, 0.3) is 5.69 Å². The second-order valence-corrected chi connectivity index (χ2v) is 9.19. The van der Waals surface area contributed by atoms with Gasteiger partial charge in [-0.05, 0) is 54.0 Å². The van der Waals surface area contributed by atoms with Crippen molar-refractivity contribution in [1.29, 1.82) is 0 Å². The third-order valence-electron chi connectivity index (χ3n) is 5.03. The molecule has 0 radical (unpaired) electrons. The van der Waals surface area contributed by atoms with E-state index < -0.39 is 0 Å². The Balaban J connectivity index is 1.54. The molecule has 0 aliphatic heterocycles. The van der Waals surface area contributed by atoms with Crippen LogP contribution in [0.5, 0.6) is 0 Å². The van der Waals surface area contributed by atoms with Crippen molar-refractivity contribution in [3.63, 3.8) is 0 Å². The minimum atomic E-state index is -0.0572. The molecule has 7 nitrogen and oxygen atoms in total. The summed E-state index contributed by atoms with van der Waals surface area (Å²) in [6.07, 6.45) is 0.842. The monoisotopic (exact) mass is 464 g/mol. The second kappa shape index (κ2) is 9.62. The number of benzene rings is 2. The molecule has 2 heterocycles. The van der Waals surface area contributed by atoms with Gasteiger partial charge in [0.25, 0.3) is 0 Å². The fourth-order valence-electron chi connectivity index (χ4n) is 3.50. The zero-order valence-corrected chi connectivity index (χ0v) is 20.1. The molecule has 0 aliphatic carbocycles. The van der Waals surface area contributed by atoms with Crippen LogP contribution < -0.4 is 4.90 Å². The van der Waals surface area contributed by atoms with Crippen molar-refractivity contribution in [2.45, 2.75) is 45.0 Å². The van der Waals surface area contributed by atoms with Crippen molar-refractivity contribution in [2.24, 2.45) is 0 Å². The number of hydrogen-bond donors (Lipinski definition) is 0. The number of aryl methyl sites for hydroxylation is 3. The van der Waals surface area contributed by atoms with E-state index >= 15 is 0 Å². The minimum Gasteiger partial charge on any atom is -0.274 e. The third kappa shape index (κ3) is 4.58. The Morgan fingerprint density at radius 3 is 2.75 bits per heavy atom. The maximum atomic E-state index is 12.5. The van der Waals surface area contributed by atoms with Gasteiger partial charge in [-0.15, -0.1) is 16.4 Å². The molecule has 0 spiro atoms. The molecule has 164 valence electrons. The molecule has 0 unspecified atom stereocenters. The number of para-hydroxylation sites is 1. The summed E-state index contributed by atoms with van der Waals surface area (Å²) in [5.74, 6) is 0.543. The normalized spacial score (nSPS) is 11.0. The van der Waals surface area contributed by atoms with E-state index in [-0.39, 0.29) is 5.91 Å². The van der Waals surface area contributed by atoms with Crippen LogP contribution in [0.3, 0.4) is 0 Å². The van der Waals surface area contributed by atoms with Crippen LogP contribution in [-0.4, -0.2) is 31.1 Å². The molecule has 0 saturated carbocycles. The number of tetrazole rings is 1. The van der Waals surface area contributed by atoms with Gasteiger partial charge < -0.3 is 0 Å². The van der Waals surface area contributed by atoms with E-state index in [4.69, 9.17) is 4.98 Å². The van der Waals surface area contributed by atoms with Crippen molar-refractivity contribution >= 4 is 39.8 Å². The number of thiazole rings is 1. The van der Waals surface area contributed by atoms with E-state index in [2.05, 4.69) is 48.4 Å². The average Bonchev–Trinajstić information content (AvgIpc) is 3.42. The Kier molecular flexibility index (Phi) is 6.66. The summed E-state index contributed by atoms with van der Waals surface area (Å²) in [5, 5.41) is 15.6. The van der Waals surface area contributed by atoms with E-state index in [9.17, 15) is 4.79 Å². The summed E-state index contributed by atoms with van der Waals surface area (Å²) in [5.41, 5.74) is 6.15. The topological polar surface area (TPSA) is 76.8 Å². The van der Waals surface area contributed by atoms with Gasteiger partial charge in [0.05, 0.1) is 17.1 Å². The van der Waals surface area contributed by atoms with Crippen LogP contribution in [-0.2, 0) is 17.0 Å². The van der Waals surface area contributed by atoms with Crippen LogP contribution >= 0.6 is 23.1 Å².